The van der Waals surface area contributed by atoms with Crippen molar-refractivity contribution < 1.29 is 209 Å². The monoisotopic (exact) mass is 2060 g/mol. The molecule has 2 aromatic carbocycles. The van der Waals surface area contributed by atoms with Gasteiger partial charge in [0.15, 0.2) is 0 Å². The van der Waals surface area contributed by atoms with E-state index < -0.39 is 57.6 Å². The van der Waals surface area contributed by atoms with Crippen molar-refractivity contribution in [2.75, 3.05) is 40.6 Å². The fraction of sp³-hybridized carbons (Fsp3) is 0.691. The SMILES string of the molecule is C[C@@H]1O[C@H]2[CH-]O[C@]1(CO)[C@H]2O.C[C@@H]1O[C@H]2[CH-]O[C@]1(CO[Si](c1ccccc1)(c1ccccc1)C(C)(C)C)[C@H]2O.[2H]C[C@]12O[CH-][C@H](O[C@H]1C)[C@@H]2O.[2H]C[C@]12O[CH-][C@H](O[C@H]1C)[C@@H]2OP(OCC[N+]#[C-])N(C(C)C)C(C)C.[3H]OC.[3H]OC.[U].[U].[U].[U]. The summed E-state index contributed by atoms with van der Waals surface area (Å²) in [5.74, 6) is 0. The van der Waals surface area contributed by atoms with Crippen molar-refractivity contribution in [3.8, 4) is 0 Å². The first-order valence-electron chi connectivity index (χ1n) is 28.0. The summed E-state index contributed by atoms with van der Waals surface area (Å²) in [6.45, 7) is 36.6. The summed E-state index contributed by atoms with van der Waals surface area (Å²) >= 11 is 0. The van der Waals surface area contributed by atoms with Crippen LogP contribution < -0.4 is 10.4 Å². The van der Waals surface area contributed by atoms with Crippen molar-refractivity contribution >= 4 is 27.2 Å². The van der Waals surface area contributed by atoms with Gasteiger partial charge in [0.2, 0.25) is 9.41 Å². The molecule has 8 heterocycles. The Labute approximate surface area is 579 Å². The fourth-order valence-corrected chi connectivity index (χ4v) is 17.0. The molecule has 0 radical (unpaired) electrons. The number of hydrogen-bond donors (Lipinski definition) is 6. The number of ether oxygens (including phenoxy) is 8. The Kier molecular flexibility index (Phi) is 31.7. The summed E-state index contributed by atoms with van der Waals surface area (Å²) < 4.78 is 92.4. The number of aliphatic hydroxyl groups excluding tert-OH is 6. The number of benzene rings is 2. The quantitative estimate of drug-likeness (QED) is 0.0667. The molecule has 0 spiro atoms. The largest absolute Gasteiger partial charge is 0.541 e. The van der Waals surface area contributed by atoms with Gasteiger partial charge in [-0.2, -0.15) is 26.4 Å². The molecule has 448 valence electrons. The normalized spacial score (nSPS) is 36.3. The van der Waals surface area contributed by atoms with Gasteiger partial charge in [-0.05, 0) is 109 Å². The summed E-state index contributed by atoms with van der Waals surface area (Å²) in [5.41, 5.74) is -3.30. The maximum atomic E-state index is 10.7. The van der Waals surface area contributed by atoms with Crippen molar-refractivity contribution in [3.05, 3.63) is 98.5 Å². The molecule has 8 saturated heterocycles. The molecule has 17 atom stereocenters. The van der Waals surface area contributed by atoms with E-state index >= 15 is 0 Å². The Bertz CT molecular complexity index is 2140. The summed E-state index contributed by atoms with van der Waals surface area (Å²) in [7, 11) is -1.47. The van der Waals surface area contributed by atoms with Gasteiger partial charge in [0.1, 0.15) is 17.8 Å². The van der Waals surface area contributed by atoms with Gasteiger partial charge in [0.05, 0.1) is 73.2 Å². The van der Waals surface area contributed by atoms with Gasteiger partial charge in [-0.1, -0.05) is 81.4 Å². The Balaban J connectivity index is 0.000000566. The van der Waals surface area contributed by atoms with E-state index in [9.17, 15) is 15.3 Å². The summed E-state index contributed by atoms with van der Waals surface area (Å²) in [5, 5.41) is 48.1. The summed E-state index contributed by atoms with van der Waals surface area (Å²) in [6, 6.07) is 21.5. The molecule has 8 aliphatic heterocycles. The number of hydrogen-bond acceptors (Lipinski definition) is 18. The van der Waals surface area contributed by atoms with Crippen LogP contribution in [0.25, 0.3) is 4.85 Å². The maximum absolute atomic E-state index is 10.7. The van der Waals surface area contributed by atoms with Gasteiger partial charge in [-0.25, -0.2) is 11.2 Å². The molecule has 8 bridgehead atoms. The van der Waals surface area contributed by atoms with Crippen LogP contribution in [-0.2, 0) is 51.4 Å². The molecule has 0 amide bonds. The molecule has 6 N–H and O–H groups in total. The number of nitrogens with zero attached hydrogens (tertiary/aromatic N) is 2. The predicted molar refractivity (Wildman–Crippen MR) is 287 cm³/mol. The third-order valence-corrected chi connectivity index (χ3v) is 22.2. The minimum absolute atomic E-state index is 0. The third kappa shape index (κ3) is 16.5. The van der Waals surface area contributed by atoms with Crippen LogP contribution in [0.15, 0.2) is 60.7 Å². The van der Waals surface area contributed by atoms with Crippen LogP contribution in [0.3, 0.4) is 0 Å². The average molecular weight is 2070 g/mol. The Hall–Kier alpha value is 2.06. The predicted octanol–water partition coefficient (Wildman–Crippen LogP) is 4.39. The van der Waals surface area contributed by atoms with Crippen LogP contribution in [0, 0.1) is 157 Å². The maximum Gasteiger partial charge on any atom is 0.261 e. The zero-order valence-corrected chi connectivity index (χ0v) is 66.9. The standard InChI is InChI=1S/C23H29O4Si.C16H28N2O4P.C7H11O4.C7H11O3.2CH4O.4U/c1-17-23(21(24)20(27-17)15-25-23)16-26-28(22(2,3)4,18-11-7-5-8-12-18)19-13-9-6-10-14-19;1-11(2)18(12(3)4)23(20-9-8-17-7)22-15-14-10-19-16(15,6)13(5)21-14;1-4-7(3-8)6(9)5(11-4)2-10-7;1-4-7(2)6(8)5(10-4)3-9-7;2*1-2;;;;/h5-15,17,20-21,24H,16H2,1-4H3;10-15H,8-9H2,1-6H3;2,4-6,8-9H,3H2,1H3;3-6,8H,1-2H3;2*2H,1H3;;;;/q4*-1;;;;;;/t17-,20-,21-,23-;13-,14-,15-,16-,23?;2*4-,5-,6-,7-;;;;;;/m0000....../s1/i;6D;;2D;2*2T;;;;. The smallest absolute Gasteiger partial charge is 0.261 e. The van der Waals surface area contributed by atoms with Crippen molar-refractivity contribution in [1.29, 1.82) is 2.86 Å². The molecule has 8 fully saturated rings. The fourth-order valence-electron chi connectivity index (χ4n) is 10.6. The van der Waals surface area contributed by atoms with Crippen LogP contribution in [0.2, 0.25) is 5.04 Å². The van der Waals surface area contributed by atoms with Crippen molar-refractivity contribution in [3.63, 3.8) is 0 Å². The first-order valence-corrected chi connectivity index (χ1v) is 28.8. The minimum atomic E-state index is -2.68. The summed E-state index contributed by atoms with van der Waals surface area (Å²) in [6.07, 6.45) is -4.62. The van der Waals surface area contributed by atoms with E-state index in [1.54, 1.807) is 20.1 Å². The van der Waals surface area contributed by atoms with E-state index in [-0.39, 0.29) is 224 Å². The van der Waals surface area contributed by atoms with Crippen LogP contribution in [0.1, 0.15) is 92.7 Å². The van der Waals surface area contributed by atoms with Crippen LogP contribution in [-0.4, -0.2) is 195 Å². The van der Waals surface area contributed by atoms with Gasteiger partial charge < -0.3 is 86.9 Å². The molecule has 80 heavy (non-hydrogen) atoms. The van der Waals surface area contributed by atoms with Crippen molar-refractivity contribution in [2.24, 2.45) is 0 Å². The Morgan fingerprint density at radius 2 is 1.11 bits per heavy atom. The van der Waals surface area contributed by atoms with Gasteiger partial charge >= 0.3 is 0 Å². The number of aliphatic hydroxyl groups is 6. The third-order valence-electron chi connectivity index (χ3n) is 15.1. The Morgan fingerprint density at radius 3 is 1.45 bits per heavy atom. The molecular weight excluding hydrogens is 1970 g/mol. The van der Waals surface area contributed by atoms with E-state index in [1.165, 1.54) is 37.8 Å². The van der Waals surface area contributed by atoms with Crippen LogP contribution in [0.5, 0.6) is 0 Å². The van der Waals surface area contributed by atoms with E-state index in [0.717, 1.165) is 0 Å². The van der Waals surface area contributed by atoms with Crippen LogP contribution >= 0.6 is 8.53 Å². The second kappa shape index (κ2) is 34.9. The number of rotatable bonds is 14. The first-order chi connectivity index (χ1) is 37.9. The molecule has 0 aromatic heterocycles. The molecule has 1 unspecified atom stereocenters. The second-order valence-electron chi connectivity index (χ2n) is 21.3. The van der Waals surface area contributed by atoms with E-state index in [1.807, 2.05) is 32.9 Å². The van der Waals surface area contributed by atoms with Crippen molar-refractivity contribution in [1.82, 2.24) is 4.67 Å². The molecule has 25 heteroatoms. The average Bonchev–Trinajstić information content (AvgIpc) is 3.31. The van der Waals surface area contributed by atoms with Gasteiger partial charge in [0.25, 0.3) is 16.8 Å². The van der Waals surface area contributed by atoms with Gasteiger partial charge in [-0.15, -0.1) is 0 Å². The summed E-state index contributed by atoms with van der Waals surface area (Å²) in [4.78, 5) is 3.35. The van der Waals surface area contributed by atoms with E-state index in [0.29, 0.717) is 13.2 Å². The second-order valence-corrected chi connectivity index (χ2v) is 27.0. The molecule has 0 saturated carbocycles. The zero-order valence-electron chi connectivity index (χ0n) is 52.3. The topological polar surface area (TPSA) is 231 Å². The van der Waals surface area contributed by atoms with Crippen molar-refractivity contribution in [2.45, 2.75) is 203 Å². The van der Waals surface area contributed by atoms with E-state index in [4.69, 9.17) is 68.7 Å². The molecule has 19 nitrogen and oxygen atoms in total. The molecule has 2 aromatic rings. The first kappa shape index (κ1) is 72.8. The molecule has 10 rings (SSSR count). The molecule has 0 aliphatic carbocycles. The van der Waals surface area contributed by atoms with Gasteiger partial charge in [0, 0.05) is 153 Å². The zero-order chi connectivity index (χ0) is 59.4. The molecule has 8 aliphatic rings. The molecular formula is C55H87N2O17PSiU4-4. The van der Waals surface area contributed by atoms with E-state index in [2.05, 4.69) is 117 Å². The number of fused-ring (bicyclic) bond motifs is 8. The minimum Gasteiger partial charge on any atom is -0.541 e. The van der Waals surface area contributed by atoms with Gasteiger partial charge in [-0.3, -0.25) is 0 Å². The van der Waals surface area contributed by atoms with Crippen LogP contribution in [0.4, 0.5) is 0 Å². The Morgan fingerprint density at radius 1 is 0.700 bits per heavy atom.